The Labute approximate surface area is 109 Å². The Hall–Kier alpha value is -1.10. The van der Waals surface area contributed by atoms with Crippen LogP contribution in [0, 0.1) is 5.92 Å². The van der Waals surface area contributed by atoms with Crippen LogP contribution in [-0.2, 0) is 14.3 Å². The van der Waals surface area contributed by atoms with Gasteiger partial charge in [-0.2, -0.15) is 0 Å². The largest absolute Gasteiger partial charge is 0.461 e. The molecule has 0 fully saturated rings. The molecule has 0 spiro atoms. The summed E-state index contributed by atoms with van der Waals surface area (Å²) in [5.41, 5.74) is 5.34. The second-order valence-electron chi connectivity index (χ2n) is 5.13. The van der Waals surface area contributed by atoms with E-state index < -0.39 is 6.04 Å². The fraction of sp³-hybridized carbons (Fsp3) is 0.846. The van der Waals surface area contributed by atoms with Crippen molar-refractivity contribution in [3.63, 3.8) is 0 Å². The van der Waals surface area contributed by atoms with Crippen LogP contribution in [0.4, 0.5) is 0 Å². The molecular weight excluding hydrogens is 232 g/mol. The number of nitrogens with one attached hydrogen (secondary N) is 1. The van der Waals surface area contributed by atoms with E-state index in [0.717, 1.165) is 0 Å². The molecule has 0 unspecified atom stereocenters. The second-order valence-corrected chi connectivity index (χ2v) is 5.13. The molecule has 106 valence electrons. The van der Waals surface area contributed by atoms with E-state index in [1.807, 2.05) is 13.8 Å². The molecule has 0 saturated heterocycles. The van der Waals surface area contributed by atoms with Gasteiger partial charge in [0.1, 0.15) is 6.04 Å². The van der Waals surface area contributed by atoms with Crippen LogP contribution in [0.3, 0.4) is 0 Å². The van der Waals surface area contributed by atoms with Crippen molar-refractivity contribution in [1.82, 2.24) is 5.32 Å². The third-order valence-corrected chi connectivity index (χ3v) is 2.29. The minimum atomic E-state index is -0.558. The highest BCUT2D eigenvalue weighted by molar-refractivity contribution is 5.84. The molecule has 5 heteroatoms. The molecule has 0 radical (unpaired) electrons. The third kappa shape index (κ3) is 8.06. The molecule has 0 aliphatic heterocycles. The van der Waals surface area contributed by atoms with Crippen LogP contribution in [-0.4, -0.2) is 30.6 Å². The number of rotatable bonds is 8. The van der Waals surface area contributed by atoms with Crippen molar-refractivity contribution < 1.29 is 14.3 Å². The lowest BCUT2D eigenvalue weighted by Crippen LogP contribution is -2.43. The zero-order chi connectivity index (χ0) is 14.1. The number of hydrogen-bond donors (Lipinski definition) is 2. The molecule has 18 heavy (non-hydrogen) atoms. The first kappa shape index (κ1) is 16.9. The molecule has 0 aromatic carbocycles. The highest BCUT2D eigenvalue weighted by Crippen LogP contribution is 2.08. The molecule has 0 bridgehead atoms. The van der Waals surface area contributed by atoms with Crippen LogP contribution < -0.4 is 11.1 Å². The van der Waals surface area contributed by atoms with Crippen molar-refractivity contribution in [2.45, 2.75) is 59.1 Å². The molecule has 0 aliphatic carbocycles. The first-order valence-corrected chi connectivity index (χ1v) is 6.56. The van der Waals surface area contributed by atoms with E-state index >= 15 is 0 Å². The predicted molar refractivity (Wildman–Crippen MR) is 70.9 cm³/mol. The van der Waals surface area contributed by atoms with Crippen LogP contribution in [0.25, 0.3) is 0 Å². The van der Waals surface area contributed by atoms with Crippen LogP contribution in [0.1, 0.15) is 47.0 Å². The Balaban J connectivity index is 4.38. The maximum atomic E-state index is 11.8. The summed E-state index contributed by atoms with van der Waals surface area (Å²) in [4.78, 5) is 23.4. The van der Waals surface area contributed by atoms with Gasteiger partial charge in [-0.15, -0.1) is 0 Å². The first-order chi connectivity index (χ1) is 8.36. The summed E-state index contributed by atoms with van der Waals surface area (Å²) in [6.45, 7) is 8.06. The van der Waals surface area contributed by atoms with Gasteiger partial charge in [-0.05, 0) is 39.2 Å². The number of amides is 1. The highest BCUT2D eigenvalue weighted by Gasteiger charge is 2.23. The minimum Gasteiger partial charge on any atom is -0.461 e. The lowest BCUT2D eigenvalue weighted by molar-refractivity contribution is -0.152. The molecule has 3 N–H and O–H groups in total. The van der Waals surface area contributed by atoms with Crippen LogP contribution >= 0.6 is 0 Å². The summed E-state index contributed by atoms with van der Waals surface area (Å²) in [5.74, 6) is -0.198. The average Bonchev–Trinajstić information content (AvgIpc) is 2.23. The van der Waals surface area contributed by atoms with Gasteiger partial charge in [-0.25, -0.2) is 4.79 Å². The standard InChI is InChI=1S/C13H26N2O3/c1-9(2)8-11(13(17)18-10(3)4)15-12(16)6-5-7-14/h9-11H,5-8,14H2,1-4H3,(H,15,16)/t11-/m0/s1. The van der Waals surface area contributed by atoms with Gasteiger partial charge in [-0.1, -0.05) is 13.8 Å². The summed E-state index contributed by atoms with van der Waals surface area (Å²) >= 11 is 0. The molecule has 0 aromatic heterocycles. The number of nitrogens with two attached hydrogens (primary N) is 1. The zero-order valence-corrected chi connectivity index (χ0v) is 11.9. The number of carbonyl (C=O) groups is 2. The lowest BCUT2D eigenvalue weighted by Gasteiger charge is -2.20. The van der Waals surface area contributed by atoms with E-state index in [2.05, 4.69) is 5.32 Å². The van der Waals surface area contributed by atoms with Crippen LogP contribution in [0.15, 0.2) is 0 Å². The van der Waals surface area contributed by atoms with E-state index in [1.165, 1.54) is 0 Å². The summed E-state index contributed by atoms with van der Waals surface area (Å²) in [5, 5.41) is 2.72. The molecular formula is C13H26N2O3. The van der Waals surface area contributed by atoms with Gasteiger partial charge in [0.25, 0.3) is 0 Å². The first-order valence-electron chi connectivity index (χ1n) is 6.56. The van der Waals surface area contributed by atoms with Gasteiger partial charge < -0.3 is 15.8 Å². The average molecular weight is 258 g/mol. The monoisotopic (exact) mass is 258 g/mol. The number of carbonyl (C=O) groups excluding carboxylic acids is 2. The van der Waals surface area contributed by atoms with E-state index in [0.29, 0.717) is 31.7 Å². The molecule has 5 nitrogen and oxygen atoms in total. The van der Waals surface area contributed by atoms with E-state index in [9.17, 15) is 9.59 Å². The van der Waals surface area contributed by atoms with Gasteiger partial charge in [0.2, 0.25) is 5.91 Å². The van der Waals surface area contributed by atoms with Crippen molar-refractivity contribution >= 4 is 11.9 Å². The van der Waals surface area contributed by atoms with Crippen molar-refractivity contribution in [3.05, 3.63) is 0 Å². The second kappa shape index (κ2) is 8.91. The van der Waals surface area contributed by atoms with E-state index in [1.54, 1.807) is 13.8 Å². The Kier molecular flexibility index (Phi) is 8.37. The maximum absolute atomic E-state index is 11.8. The molecule has 1 atom stereocenters. The summed E-state index contributed by atoms with van der Waals surface area (Å²) < 4.78 is 5.14. The molecule has 0 aliphatic rings. The van der Waals surface area contributed by atoms with Crippen LogP contribution in [0.5, 0.6) is 0 Å². The topological polar surface area (TPSA) is 81.4 Å². The molecule has 1 amide bonds. The fourth-order valence-electron chi connectivity index (χ4n) is 1.53. The summed E-state index contributed by atoms with van der Waals surface area (Å²) in [6, 6.07) is -0.558. The van der Waals surface area contributed by atoms with Crippen LogP contribution in [0.2, 0.25) is 0 Å². The number of hydrogen-bond acceptors (Lipinski definition) is 4. The molecule has 0 heterocycles. The molecule has 0 rings (SSSR count). The minimum absolute atomic E-state index is 0.146. The van der Waals surface area contributed by atoms with Gasteiger partial charge in [0.05, 0.1) is 6.10 Å². The highest BCUT2D eigenvalue weighted by atomic mass is 16.5. The Morgan fingerprint density at radius 1 is 1.22 bits per heavy atom. The third-order valence-electron chi connectivity index (χ3n) is 2.29. The quantitative estimate of drug-likeness (QED) is 0.641. The predicted octanol–water partition coefficient (Wildman–Crippen LogP) is 1.21. The van der Waals surface area contributed by atoms with Crippen molar-refractivity contribution in [1.29, 1.82) is 0 Å². The van der Waals surface area contributed by atoms with Gasteiger partial charge in [0, 0.05) is 6.42 Å². The lowest BCUT2D eigenvalue weighted by atomic mass is 10.0. The number of esters is 1. The Morgan fingerprint density at radius 3 is 2.28 bits per heavy atom. The Bertz CT molecular complexity index is 265. The van der Waals surface area contributed by atoms with Gasteiger partial charge in [0.15, 0.2) is 0 Å². The maximum Gasteiger partial charge on any atom is 0.328 e. The van der Waals surface area contributed by atoms with E-state index in [-0.39, 0.29) is 18.0 Å². The van der Waals surface area contributed by atoms with Gasteiger partial charge >= 0.3 is 5.97 Å². The van der Waals surface area contributed by atoms with E-state index in [4.69, 9.17) is 10.5 Å². The smallest absolute Gasteiger partial charge is 0.328 e. The zero-order valence-electron chi connectivity index (χ0n) is 11.9. The summed E-state index contributed by atoms with van der Waals surface area (Å²) in [6.07, 6.45) is 1.38. The van der Waals surface area contributed by atoms with Crippen molar-refractivity contribution in [2.75, 3.05) is 6.54 Å². The Morgan fingerprint density at radius 2 is 1.83 bits per heavy atom. The van der Waals surface area contributed by atoms with Gasteiger partial charge in [-0.3, -0.25) is 4.79 Å². The SMILES string of the molecule is CC(C)C[C@H](NC(=O)CCCN)C(=O)OC(C)C. The van der Waals surface area contributed by atoms with Crippen molar-refractivity contribution in [3.8, 4) is 0 Å². The fourth-order valence-corrected chi connectivity index (χ4v) is 1.53. The summed E-state index contributed by atoms with van der Waals surface area (Å²) in [7, 11) is 0. The normalized spacial score (nSPS) is 12.6. The molecule has 0 saturated carbocycles. The number of ether oxygens (including phenoxy) is 1. The van der Waals surface area contributed by atoms with Crippen molar-refractivity contribution in [2.24, 2.45) is 11.7 Å². The molecule has 0 aromatic rings.